The van der Waals surface area contributed by atoms with Crippen molar-refractivity contribution in [2.45, 2.75) is 31.6 Å². The van der Waals surface area contributed by atoms with Crippen LogP contribution >= 0.6 is 23.2 Å². The van der Waals surface area contributed by atoms with Crippen LogP contribution in [0.1, 0.15) is 24.0 Å². The summed E-state index contributed by atoms with van der Waals surface area (Å²) in [6.07, 6.45) is -4.08. The Morgan fingerprint density at radius 2 is 2.08 bits per heavy atom. The maximum absolute atomic E-state index is 13.2. The number of halogens is 5. The molecule has 2 aromatic rings. The molecule has 1 N–H and O–H groups in total. The Balaban J connectivity index is 2.04. The number of carboxylic acids is 1. The normalized spacial score (nSPS) is 20.0. The fraction of sp³-hybridized carbons (Fsp3) is 0.429. The minimum atomic E-state index is -4.75. The van der Waals surface area contributed by atoms with E-state index in [-0.39, 0.29) is 34.5 Å². The highest BCUT2D eigenvalue weighted by Gasteiger charge is 2.51. The number of rotatable bonds is 3. The molecule has 1 aliphatic rings. The van der Waals surface area contributed by atoms with E-state index >= 15 is 0 Å². The van der Waals surface area contributed by atoms with Gasteiger partial charge in [0, 0.05) is 12.6 Å². The molecule has 2 unspecified atom stereocenters. The van der Waals surface area contributed by atoms with Gasteiger partial charge in [0.2, 0.25) is 0 Å². The topological polar surface area (TPSA) is 90.0 Å². The molecule has 0 aromatic carbocycles. The number of nitrogens with zero attached hydrogens (tertiary/aromatic N) is 4. The van der Waals surface area contributed by atoms with Crippen LogP contribution in [-0.4, -0.2) is 36.6 Å². The van der Waals surface area contributed by atoms with Crippen molar-refractivity contribution in [3.8, 4) is 0 Å². The van der Waals surface area contributed by atoms with E-state index < -0.39 is 36.2 Å². The van der Waals surface area contributed by atoms with E-state index in [4.69, 9.17) is 23.2 Å². The van der Waals surface area contributed by atoms with E-state index in [1.165, 1.54) is 12.3 Å². The number of pyridine rings is 1. The maximum atomic E-state index is 13.2. The van der Waals surface area contributed by atoms with Gasteiger partial charge < -0.3 is 5.11 Å². The number of fused-ring (bicyclic) bond motifs is 1. The number of hydrogen-bond acceptors (Lipinski definition) is 4. The third kappa shape index (κ3) is 3.30. The van der Waals surface area contributed by atoms with E-state index in [0.717, 1.165) is 4.68 Å². The van der Waals surface area contributed by atoms with Gasteiger partial charge in [-0.05, 0) is 12.5 Å². The predicted molar refractivity (Wildman–Crippen MR) is 84.4 cm³/mol. The second kappa shape index (κ2) is 6.58. The monoisotopic (exact) mass is 410 g/mol. The van der Waals surface area contributed by atoms with Gasteiger partial charge in [-0.3, -0.25) is 9.55 Å². The summed E-state index contributed by atoms with van der Waals surface area (Å²) < 4.78 is 41.0. The molecule has 7 nitrogen and oxygen atoms in total. The van der Waals surface area contributed by atoms with Crippen molar-refractivity contribution in [1.82, 2.24) is 19.3 Å². The minimum absolute atomic E-state index is 0.0204. The number of hydrogen-bond donors (Lipinski definition) is 1. The van der Waals surface area contributed by atoms with Crippen molar-refractivity contribution < 1.29 is 23.1 Å². The molecular weight excluding hydrogens is 400 g/mol. The molecular formula is C14H11Cl2F3N4O3. The van der Waals surface area contributed by atoms with E-state index in [1.54, 1.807) is 0 Å². The summed E-state index contributed by atoms with van der Waals surface area (Å²) in [5.74, 6) is -3.93. The number of aliphatic carboxylic acids is 1. The lowest BCUT2D eigenvalue weighted by atomic mass is 9.90. The molecule has 2 atom stereocenters. The van der Waals surface area contributed by atoms with Gasteiger partial charge in [0.25, 0.3) is 0 Å². The molecule has 2 aromatic heterocycles. The van der Waals surface area contributed by atoms with Crippen molar-refractivity contribution in [3.63, 3.8) is 0 Å². The molecule has 12 heteroatoms. The van der Waals surface area contributed by atoms with Gasteiger partial charge in [0.15, 0.2) is 0 Å². The summed E-state index contributed by atoms with van der Waals surface area (Å²) in [6.45, 7) is -0.224. The summed E-state index contributed by atoms with van der Waals surface area (Å²) in [7, 11) is 0. The minimum Gasteiger partial charge on any atom is -0.480 e. The van der Waals surface area contributed by atoms with Crippen LogP contribution in [0, 0.1) is 5.92 Å². The highest BCUT2D eigenvalue weighted by atomic mass is 35.5. The number of aromatic nitrogens is 4. The van der Waals surface area contributed by atoms with Crippen LogP contribution in [0.5, 0.6) is 0 Å². The van der Waals surface area contributed by atoms with Crippen LogP contribution in [-0.2, 0) is 17.8 Å². The Hall–Kier alpha value is -2.07. The molecule has 0 bridgehead atoms. The van der Waals surface area contributed by atoms with E-state index in [2.05, 4.69) is 10.1 Å². The van der Waals surface area contributed by atoms with Gasteiger partial charge in [-0.1, -0.05) is 23.2 Å². The Bertz CT molecular complexity index is 925. The average molecular weight is 411 g/mol. The number of carboxylic acid groups (broad SMARTS) is 1. The second-order valence-electron chi connectivity index (χ2n) is 5.78. The van der Waals surface area contributed by atoms with E-state index in [0.29, 0.717) is 4.57 Å². The SMILES string of the molecule is O=C(O)C1C(C(F)(F)F)CCc2nn(Cc3ncc(Cl)cc3Cl)c(=O)n21. The van der Waals surface area contributed by atoms with Crippen LogP contribution in [0.25, 0.3) is 0 Å². The molecule has 3 rings (SSSR count). The lowest BCUT2D eigenvalue weighted by Gasteiger charge is -2.30. The molecule has 26 heavy (non-hydrogen) atoms. The van der Waals surface area contributed by atoms with Crippen LogP contribution in [0.15, 0.2) is 17.1 Å². The van der Waals surface area contributed by atoms with Crippen molar-refractivity contribution in [2.24, 2.45) is 5.92 Å². The van der Waals surface area contributed by atoms with Gasteiger partial charge in [0.1, 0.15) is 11.9 Å². The molecule has 0 saturated heterocycles. The third-order valence-electron chi connectivity index (χ3n) is 4.14. The molecule has 0 fully saturated rings. The first kappa shape index (κ1) is 18.7. The highest BCUT2D eigenvalue weighted by molar-refractivity contribution is 6.34. The summed E-state index contributed by atoms with van der Waals surface area (Å²) in [6, 6.07) is -0.666. The molecule has 0 aliphatic carbocycles. The molecule has 0 saturated carbocycles. The van der Waals surface area contributed by atoms with Gasteiger partial charge in [0.05, 0.1) is 28.2 Å². The Kier molecular flexibility index (Phi) is 4.74. The first-order valence-corrected chi connectivity index (χ1v) is 8.13. The number of carbonyl (C=O) groups is 1. The van der Waals surface area contributed by atoms with Crippen molar-refractivity contribution in [2.75, 3.05) is 0 Å². The maximum Gasteiger partial charge on any atom is 0.394 e. The zero-order valence-corrected chi connectivity index (χ0v) is 14.4. The molecule has 3 heterocycles. The first-order chi connectivity index (χ1) is 12.1. The lowest BCUT2D eigenvalue weighted by molar-refractivity contribution is -0.198. The van der Waals surface area contributed by atoms with Gasteiger partial charge in [-0.15, -0.1) is 0 Å². The van der Waals surface area contributed by atoms with E-state index in [9.17, 15) is 27.9 Å². The quantitative estimate of drug-likeness (QED) is 0.839. The summed E-state index contributed by atoms with van der Waals surface area (Å²) in [5.41, 5.74) is -0.734. The summed E-state index contributed by atoms with van der Waals surface area (Å²) >= 11 is 11.7. The smallest absolute Gasteiger partial charge is 0.394 e. The van der Waals surface area contributed by atoms with Gasteiger partial charge >= 0.3 is 17.8 Å². The Morgan fingerprint density at radius 1 is 1.38 bits per heavy atom. The van der Waals surface area contributed by atoms with Crippen LogP contribution in [0.2, 0.25) is 10.0 Å². The Morgan fingerprint density at radius 3 is 2.65 bits per heavy atom. The van der Waals surface area contributed by atoms with Crippen LogP contribution in [0.3, 0.4) is 0 Å². The zero-order valence-electron chi connectivity index (χ0n) is 12.9. The van der Waals surface area contributed by atoms with Gasteiger partial charge in [-0.2, -0.15) is 18.3 Å². The highest BCUT2D eigenvalue weighted by Crippen LogP contribution is 2.40. The van der Waals surface area contributed by atoms with Crippen molar-refractivity contribution in [1.29, 1.82) is 0 Å². The average Bonchev–Trinajstić information content (AvgIpc) is 2.84. The molecule has 0 spiro atoms. The summed E-state index contributed by atoms with van der Waals surface area (Å²) in [4.78, 5) is 27.9. The predicted octanol–water partition coefficient (Wildman–Crippen LogP) is 2.55. The molecule has 1 aliphatic heterocycles. The largest absolute Gasteiger partial charge is 0.480 e. The number of alkyl halides is 3. The van der Waals surface area contributed by atoms with E-state index in [1.807, 2.05) is 0 Å². The molecule has 140 valence electrons. The van der Waals surface area contributed by atoms with Crippen molar-refractivity contribution >= 4 is 29.2 Å². The Labute approximate surface area is 154 Å². The second-order valence-corrected chi connectivity index (χ2v) is 6.62. The fourth-order valence-electron chi connectivity index (χ4n) is 2.97. The standard InChI is InChI=1S/C14H11Cl2F3N4O3/c15-6-3-8(16)9(20-4-6)5-22-13(26)23-10(21-22)2-1-7(14(17,18)19)11(23)12(24)25/h3-4,7,11H,1-2,5H2,(H,24,25). The van der Waals surface area contributed by atoms with Crippen LogP contribution < -0.4 is 5.69 Å². The summed E-state index contributed by atoms with van der Waals surface area (Å²) in [5, 5.41) is 13.7. The zero-order chi connectivity index (χ0) is 19.2. The molecule has 0 radical (unpaired) electrons. The fourth-order valence-corrected chi connectivity index (χ4v) is 3.41. The van der Waals surface area contributed by atoms with Crippen molar-refractivity contribution in [3.05, 3.63) is 44.3 Å². The number of aryl methyl sites for hydroxylation is 1. The lowest BCUT2D eigenvalue weighted by Crippen LogP contribution is -2.44. The molecule has 0 amide bonds. The van der Waals surface area contributed by atoms with Crippen LogP contribution in [0.4, 0.5) is 13.2 Å². The third-order valence-corrected chi connectivity index (χ3v) is 4.67. The first-order valence-electron chi connectivity index (χ1n) is 7.37. The van der Waals surface area contributed by atoms with Gasteiger partial charge in [-0.25, -0.2) is 14.3 Å².